The summed E-state index contributed by atoms with van der Waals surface area (Å²) < 4.78 is 31.0. The molecule has 1 rings (SSSR count). The Labute approximate surface area is 101 Å². The molecular formula is C10H19NO5S. The maximum atomic E-state index is 12.0. The van der Waals surface area contributed by atoms with E-state index in [1.165, 1.54) is 7.11 Å². The van der Waals surface area contributed by atoms with Crippen LogP contribution >= 0.6 is 0 Å². The number of aliphatic hydroxyl groups excluding tert-OH is 1. The molecule has 1 saturated carbocycles. The van der Waals surface area contributed by atoms with Crippen molar-refractivity contribution in [2.45, 2.75) is 37.5 Å². The van der Waals surface area contributed by atoms with E-state index in [9.17, 15) is 13.2 Å². The second kappa shape index (κ2) is 5.79. The minimum absolute atomic E-state index is 0.269. The molecule has 0 amide bonds. The van der Waals surface area contributed by atoms with Crippen LogP contribution in [-0.4, -0.2) is 44.5 Å². The molecule has 0 aromatic rings. The molecule has 0 radical (unpaired) electrons. The van der Waals surface area contributed by atoms with Crippen LogP contribution in [-0.2, 0) is 19.6 Å². The Bertz CT molecular complexity index is 367. The predicted molar refractivity (Wildman–Crippen MR) is 61.7 cm³/mol. The van der Waals surface area contributed by atoms with Crippen molar-refractivity contribution in [3.63, 3.8) is 0 Å². The molecule has 100 valence electrons. The number of hydrogen-bond acceptors (Lipinski definition) is 5. The molecule has 0 bridgehead atoms. The van der Waals surface area contributed by atoms with Gasteiger partial charge in [-0.3, -0.25) is 4.79 Å². The average Bonchev–Trinajstić information content (AvgIpc) is 2.76. The molecule has 0 saturated heterocycles. The molecule has 0 spiro atoms. The van der Waals surface area contributed by atoms with E-state index in [4.69, 9.17) is 5.11 Å². The van der Waals surface area contributed by atoms with Crippen LogP contribution in [0.4, 0.5) is 0 Å². The number of nitrogens with one attached hydrogen (secondary N) is 1. The van der Waals surface area contributed by atoms with E-state index in [2.05, 4.69) is 9.46 Å². The van der Waals surface area contributed by atoms with Crippen molar-refractivity contribution in [1.82, 2.24) is 4.72 Å². The molecule has 0 aromatic carbocycles. The van der Waals surface area contributed by atoms with Crippen molar-refractivity contribution in [3.8, 4) is 0 Å². The molecule has 1 aliphatic carbocycles. The van der Waals surface area contributed by atoms with Gasteiger partial charge >= 0.3 is 5.97 Å². The van der Waals surface area contributed by atoms with Crippen LogP contribution in [0.25, 0.3) is 0 Å². The first kappa shape index (κ1) is 14.4. The molecule has 1 aliphatic rings. The molecule has 1 fully saturated rings. The lowest BCUT2D eigenvalue weighted by Crippen LogP contribution is -2.44. The summed E-state index contributed by atoms with van der Waals surface area (Å²) in [7, 11) is -2.33. The molecule has 17 heavy (non-hydrogen) atoms. The Kier molecular flexibility index (Phi) is 4.91. The third kappa shape index (κ3) is 3.40. The van der Waals surface area contributed by atoms with Crippen molar-refractivity contribution >= 4 is 16.0 Å². The van der Waals surface area contributed by atoms with Crippen LogP contribution < -0.4 is 4.72 Å². The number of hydrogen-bond donors (Lipinski definition) is 2. The third-order valence-electron chi connectivity index (χ3n) is 2.99. The van der Waals surface area contributed by atoms with E-state index >= 15 is 0 Å². The van der Waals surface area contributed by atoms with Gasteiger partial charge in [-0.25, -0.2) is 13.1 Å². The number of carbonyl (C=O) groups excluding carboxylic acids is 1. The van der Waals surface area contributed by atoms with E-state index in [-0.39, 0.29) is 6.61 Å². The fourth-order valence-electron chi connectivity index (χ4n) is 2.12. The van der Waals surface area contributed by atoms with Crippen LogP contribution in [0.2, 0.25) is 0 Å². The van der Waals surface area contributed by atoms with Gasteiger partial charge < -0.3 is 9.84 Å². The molecule has 0 heterocycles. The van der Waals surface area contributed by atoms with Gasteiger partial charge in [0.2, 0.25) is 10.0 Å². The number of aliphatic hydroxyl groups is 1. The van der Waals surface area contributed by atoms with Crippen LogP contribution in [0, 0.1) is 5.92 Å². The summed E-state index contributed by atoms with van der Waals surface area (Å²) in [4.78, 5) is 11.5. The summed E-state index contributed by atoms with van der Waals surface area (Å²) in [6.07, 6.45) is 1.68. The van der Waals surface area contributed by atoms with E-state index < -0.39 is 33.2 Å². The number of esters is 1. The van der Waals surface area contributed by atoms with Crippen molar-refractivity contribution in [2.24, 2.45) is 5.92 Å². The highest BCUT2D eigenvalue weighted by atomic mass is 32.2. The first-order valence-corrected chi connectivity index (χ1v) is 7.16. The summed E-state index contributed by atoms with van der Waals surface area (Å²) >= 11 is 0. The van der Waals surface area contributed by atoms with E-state index in [1.807, 2.05) is 0 Å². The lowest BCUT2D eigenvalue weighted by molar-refractivity contribution is -0.145. The second-order valence-corrected chi connectivity index (χ2v) is 6.28. The molecule has 3 atom stereocenters. The van der Waals surface area contributed by atoms with Gasteiger partial charge in [-0.2, -0.15) is 0 Å². The van der Waals surface area contributed by atoms with Crippen molar-refractivity contribution in [2.75, 3.05) is 13.7 Å². The highest BCUT2D eigenvalue weighted by molar-refractivity contribution is 7.90. The zero-order valence-corrected chi connectivity index (χ0v) is 10.9. The summed E-state index contributed by atoms with van der Waals surface area (Å²) in [5.74, 6) is -1.07. The Morgan fingerprint density at radius 3 is 2.71 bits per heavy atom. The van der Waals surface area contributed by atoms with Gasteiger partial charge in [-0.1, -0.05) is 6.42 Å². The molecule has 7 heteroatoms. The lowest BCUT2D eigenvalue weighted by Gasteiger charge is -2.20. The first-order chi connectivity index (χ1) is 7.92. The van der Waals surface area contributed by atoms with Gasteiger partial charge in [0, 0.05) is 6.04 Å². The molecule has 3 unspecified atom stereocenters. The van der Waals surface area contributed by atoms with Crippen LogP contribution in [0.3, 0.4) is 0 Å². The Balaban J connectivity index is 2.80. The summed E-state index contributed by atoms with van der Waals surface area (Å²) in [5.41, 5.74) is 0. The normalized spacial score (nSPS) is 26.8. The van der Waals surface area contributed by atoms with Gasteiger partial charge in [-0.15, -0.1) is 0 Å². The number of carbonyl (C=O) groups is 1. The van der Waals surface area contributed by atoms with E-state index in [0.717, 1.165) is 0 Å². The van der Waals surface area contributed by atoms with Gasteiger partial charge in [-0.05, 0) is 19.8 Å². The summed E-state index contributed by atoms with van der Waals surface area (Å²) in [5, 5.41) is 8.10. The van der Waals surface area contributed by atoms with Crippen LogP contribution in [0.15, 0.2) is 0 Å². The Morgan fingerprint density at radius 2 is 2.18 bits per heavy atom. The number of sulfonamides is 1. The Hall–Kier alpha value is -0.660. The highest BCUT2D eigenvalue weighted by Gasteiger charge is 2.42. The SMILES string of the molecule is COC(=O)C1CCCC1S(=O)(=O)NC(C)CO. The largest absolute Gasteiger partial charge is 0.469 e. The van der Waals surface area contributed by atoms with Gasteiger partial charge in [0.25, 0.3) is 0 Å². The number of rotatable bonds is 5. The highest BCUT2D eigenvalue weighted by Crippen LogP contribution is 2.31. The third-order valence-corrected chi connectivity index (χ3v) is 5.09. The molecular weight excluding hydrogens is 246 g/mol. The van der Waals surface area contributed by atoms with Crippen LogP contribution in [0.1, 0.15) is 26.2 Å². The topological polar surface area (TPSA) is 92.7 Å². The van der Waals surface area contributed by atoms with Crippen molar-refractivity contribution in [3.05, 3.63) is 0 Å². The zero-order chi connectivity index (χ0) is 13.1. The van der Waals surface area contributed by atoms with Crippen LogP contribution in [0.5, 0.6) is 0 Å². The monoisotopic (exact) mass is 265 g/mol. The summed E-state index contributed by atoms with van der Waals surface area (Å²) in [6.45, 7) is 1.30. The maximum absolute atomic E-state index is 12.0. The van der Waals surface area contributed by atoms with Gasteiger partial charge in [0.1, 0.15) is 0 Å². The molecule has 0 aromatic heterocycles. The van der Waals surface area contributed by atoms with Crippen molar-refractivity contribution < 1.29 is 23.1 Å². The number of methoxy groups -OCH3 is 1. The smallest absolute Gasteiger partial charge is 0.310 e. The Morgan fingerprint density at radius 1 is 1.53 bits per heavy atom. The standard InChI is InChI=1S/C10H19NO5S/c1-7(6-12)11-17(14,15)9-5-3-4-8(9)10(13)16-2/h7-9,11-12H,3-6H2,1-2H3. The maximum Gasteiger partial charge on any atom is 0.310 e. The average molecular weight is 265 g/mol. The van der Waals surface area contributed by atoms with Crippen molar-refractivity contribution in [1.29, 1.82) is 0 Å². The molecule has 6 nitrogen and oxygen atoms in total. The van der Waals surface area contributed by atoms with E-state index in [1.54, 1.807) is 6.92 Å². The summed E-state index contributed by atoms with van der Waals surface area (Å²) in [6, 6.07) is -0.543. The molecule has 0 aliphatic heterocycles. The van der Waals surface area contributed by atoms with Gasteiger partial charge in [0.15, 0.2) is 0 Å². The minimum atomic E-state index is -3.59. The fraction of sp³-hybridized carbons (Fsp3) is 0.900. The minimum Gasteiger partial charge on any atom is -0.469 e. The molecule has 2 N–H and O–H groups in total. The van der Waals surface area contributed by atoms with E-state index in [0.29, 0.717) is 19.3 Å². The fourth-order valence-corrected chi connectivity index (χ4v) is 4.09. The second-order valence-electron chi connectivity index (χ2n) is 4.35. The zero-order valence-electron chi connectivity index (χ0n) is 10.0. The quantitative estimate of drug-likeness (QED) is 0.662. The number of ether oxygens (including phenoxy) is 1. The predicted octanol–water partition coefficient (Wildman–Crippen LogP) is -0.372. The first-order valence-electron chi connectivity index (χ1n) is 5.62. The lowest BCUT2D eigenvalue weighted by atomic mass is 10.1. The van der Waals surface area contributed by atoms with Gasteiger partial charge in [0.05, 0.1) is 24.9 Å².